The number of hydrogen-bond donors (Lipinski definition) is 2. The number of ether oxygens (including phenoxy) is 1. The molecule has 20 heavy (non-hydrogen) atoms. The highest BCUT2D eigenvalue weighted by molar-refractivity contribution is 5.77. The minimum atomic E-state index is -0.519. The number of nitro groups is 1. The predicted molar refractivity (Wildman–Crippen MR) is 70.3 cm³/mol. The summed E-state index contributed by atoms with van der Waals surface area (Å²) in [5.74, 6) is 0.332. The van der Waals surface area contributed by atoms with Crippen LogP contribution >= 0.6 is 0 Å². The molecule has 108 valence electrons. The number of carbonyl (C=O) groups excluding carboxylic acids is 1. The van der Waals surface area contributed by atoms with Crippen molar-refractivity contribution in [2.45, 2.75) is 18.9 Å². The van der Waals surface area contributed by atoms with Gasteiger partial charge < -0.3 is 15.2 Å². The zero-order valence-electron chi connectivity index (χ0n) is 10.8. The molecular weight excluding hydrogens is 264 g/mol. The third-order valence-electron chi connectivity index (χ3n) is 3.20. The van der Waals surface area contributed by atoms with Crippen molar-refractivity contribution >= 4 is 11.6 Å². The van der Waals surface area contributed by atoms with Gasteiger partial charge in [0.05, 0.1) is 17.1 Å². The van der Waals surface area contributed by atoms with Gasteiger partial charge in [0.1, 0.15) is 5.75 Å². The summed E-state index contributed by atoms with van der Waals surface area (Å²) in [6.45, 7) is 0.338. The first-order chi connectivity index (χ1) is 9.54. The second-order valence-corrected chi connectivity index (χ2v) is 4.84. The zero-order chi connectivity index (χ0) is 14.5. The number of amides is 1. The van der Waals surface area contributed by atoms with Gasteiger partial charge in [-0.1, -0.05) is 6.07 Å². The highest BCUT2D eigenvalue weighted by Gasteiger charge is 2.27. The molecule has 1 fully saturated rings. The molecule has 0 radical (unpaired) electrons. The molecule has 1 aromatic rings. The molecule has 1 saturated carbocycles. The molecule has 7 nitrogen and oxygen atoms in total. The highest BCUT2D eigenvalue weighted by atomic mass is 16.6. The van der Waals surface area contributed by atoms with Crippen molar-refractivity contribution in [2.24, 2.45) is 5.92 Å². The van der Waals surface area contributed by atoms with Crippen LogP contribution in [0, 0.1) is 16.0 Å². The van der Waals surface area contributed by atoms with Crippen molar-refractivity contribution in [1.29, 1.82) is 0 Å². The molecule has 0 bridgehead atoms. The lowest BCUT2D eigenvalue weighted by atomic mass is 9.82. The summed E-state index contributed by atoms with van der Waals surface area (Å²) in [5.41, 5.74) is -0.0774. The number of non-ortho nitro benzene ring substituents is 1. The van der Waals surface area contributed by atoms with Gasteiger partial charge in [-0.2, -0.15) is 0 Å². The standard InChI is InChI=1S/C13H16N2O5/c16-11-4-9(5-11)7-14-13(17)8-20-12-3-1-2-10(6-12)15(18)19/h1-3,6,9,11,16H,4-5,7-8H2,(H,14,17). The molecule has 0 aromatic heterocycles. The fraction of sp³-hybridized carbons (Fsp3) is 0.462. The van der Waals surface area contributed by atoms with E-state index in [4.69, 9.17) is 9.84 Å². The molecule has 0 aliphatic heterocycles. The second kappa shape index (κ2) is 6.33. The maximum Gasteiger partial charge on any atom is 0.273 e. The number of aliphatic hydroxyl groups is 1. The molecular formula is C13H16N2O5. The van der Waals surface area contributed by atoms with Crippen LogP contribution in [0.1, 0.15) is 12.8 Å². The van der Waals surface area contributed by atoms with Crippen LogP contribution in [0.2, 0.25) is 0 Å². The number of carbonyl (C=O) groups is 1. The van der Waals surface area contributed by atoms with Crippen molar-refractivity contribution in [3.8, 4) is 5.75 Å². The van der Waals surface area contributed by atoms with Gasteiger partial charge in [-0.3, -0.25) is 14.9 Å². The number of rotatable bonds is 6. The summed E-state index contributed by atoms with van der Waals surface area (Å²) in [5, 5.41) is 22.4. The Balaban J connectivity index is 1.72. The molecule has 0 unspecified atom stereocenters. The molecule has 1 amide bonds. The number of benzene rings is 1. The Kier molecular flexibility index (Phi) is 4.52. The molecule has 1 aliphatic rings. The summed E-state index contributed by atoms with van der Waals surface area (Å²) in [6, 6.07) is 5.69. The van der Waals surface area contributed by atoms with E-state index in [0.717, 1.165) is 0 Å². The van der Waals surface area contributed by atoms with Gasteiger partial charge in [-0.15, -0.1) is 0 Å². The van der Waals surface area contributed by atoms with E-state index in [9.17, 15) is 14.9 Å². The van der Waals surface area contributed by atoms with Crippen molar-refractivity contribution in [1.82, 2.24) is 5.32 Å². The molecule has 1 aliphatic carbocycles. The third-order valence-corrected chi connectivity index (χ3v) is 3.20. The fourth-order valence-corrected chi connectivity index (χ4v) is 2.01. The number of nitro benzene ring substituents is 1. The Bertz CT molecular complexity index is 499. The summed E-state index contributed by atoms with van der Waals surface area (Å²) in [6.07, 6.45) is 1.19. The lowest BCUT2D eigenvalue weighted by Gasteiger charge is -2.31. The Morgan fingerprint density at radius 3 is 2.90 bits per heavy atom. The number of aliphatic hydroxyl groups excluding tert-OH is 1. The van der Waals surface area contributed by atoms with Crippen LogP contribution in [0.15, 0.2) is 24.3 Å². The average molecular weight is 280 g/mol. The number of nitrogens with one attached hydrogen (secondary N) is 1. The Labute approximate surface area is 115 Å². The maximum absolute atomic E-state index is 11.5. The van der Waals surface area contributed by atoms with Gasteiger partial charge in [0.2, 0.25) is 0 Å². The second-order valence-electron chi connectivity index (χ2n) is 4.84. The summed E-state index contributed by atoms with van der Waals surface area (Å²) in [4.78, 5) is 21.6. The summed E-state index contributed by atoms with van der Waals surface area (Å²) >= 11 is 0. The van der Waals surface area contributed by atoms with E-state index < -0.39 is 4.92 Å². The van der Waals surface area contributed by atoms with Crippen molar-refractivity contribution in [3.63, 3.8) is 0 Å². The van der Waals surface area contributed by atoms with E-state index in [2.05, 4.69) is 5.32 Å². The number of hydrogen-bond acceptors (Lipinski definition) is 5. The topological polar surface area (TPSA) is 102 Å². The van der Waals surface area contributed by atoms with Gasteiger partial charge in [0, 0.05) is 12.6 Å². The van der Waals surface area contributed by atoms with Gasteiger partial charge in [0.15, 0.2) is 6.61 Å². The first-order valence-electron chi connectivity index (χ1n) is 6.36. The fourth-order valence-electron chi connectivity index (χ4n) is 2.01. The lowest BCUT2D eigenvalue weighted by Crippen LogP contribution is -2.39. The molecule has 7 heteroatoms. The first-order valence-corrected chi connectivity index (χ1v) is 6.36. The minimum Gasteiger partial charge on any atom is -0.484 e. The lowest BCUT2D eigenvalue weighted by molar-refractivity contribution is -0.384. The number of nitrogens with zero attached hydrogens (tertiary/aromatic N) is 1. The van der Waals surface area contributed by atoms with Crippen molar-refractivity contribution in [2.75, 3.05) is 13.2 Å². The minimum absolute atomic E-state index is 0.0774. The smallest absolute Gasteiger partial charge is 0.273 e. The van der Waals surface area contributed by atoms with Crippen LogP contribution in [-0.2, 0) is 4.79 Å². The van der Waals surface area contributed by atoms with Crippen molar-refractivity contribution in [3.05, 3.63) is 34.4 Å². The van der Waals surface area contributed by atoms with Crippen LogP contribution in [0.4, 0.5) is 5.69 Å². The molecule has 0 heterocycles. The van der Waals surface area contributed by atoms with Gasteiger partial charge in [-0.25, -0.2) is 0 Å². The Hall–Kier alpha value is -2.15. The van der Waals surface area contributed by atoms with Crippen LogP contribution in [0.5, 0.6) is 5.75 Å². The normalized spacial score (nSPS) is 20.9. The summed E-state index contributed by atoms with van der Waals surface area (Å²) in [7, 11) is 0. The van der Waals surface area contributed by atoms with Crippen LogP contribution < -0.4 is 10.1 Å². The Morgan fingerprint density at radius 1 is 1.50 bits per heavy atom. The van der Waals surface area contributed by atoms with Crippen LogP contribution in [0.3, 0.4) is 0 Å². The van der Waals surface area contributed by atoms with Crippen LogP contribution in [0.25, 0.3) is 0 Å². The van der Waals surface area contributed by atoms with Crippen LogP contribution in [-0.4, -0.2) is 35.2 Å². The van der Waals surface area contributed by atoms with Gasteiger partial charge in [-0.05, 0) is 24.8 Å². The van der Waals surface area contributed by atoms with E-state index in [-0.39, 0.29) is 30.1 Å². The molecule has 0 atom stereocenters. The first kappa shape index (κ1) is 14.3. The quantitative estimate of drug-likeness (QED) is 0.594. The van der Waals surface area contributed by atoms with E-state index in [1.165, 1.54) is 18.2 Å². The van der Waals surface area contributed by atoms with Crippen molar-refractivity contribution < 1.29 is 19.6 Å². The summed E-state index contributed by atoms with van der Waals surface area (Å²) < 4.78 is 5.20. The Morgan fingerprint density at radius 2 is 2.25 bits per heavy atom. The molecule has 1 aromatic carbocycles. The largest absolute Gasteiger partial charge is 0.484 e. The molecule has 0 saturated heterocycles. The van der Waals surface area contributed by atoms with Gasteiger partial charge >= 0.3 is 0 Å². The maximum atomic E-state index is 11.5. The molecule has 0 spiro atoms. The molecule has 2 N–H and O–H groups in total. The zero-order valence-corrected chi connectivity index (χ0v) is 10.8. The highest BCUT2D eigenvalue weighted by Crippen LogP contribution is 2.26. The average Bonchev–Trinajstić information content (AvgIpc) is 2.40. The molecule has 2 rings (SSSR count). The SMILES string of the molecule is O=C(COc1cccc([N+](=O)[O-])c1)NCC1CC(O)C1. The third kappa shape index (κ3) is 3.92. The van der Waals surface area contributed by atoms with E-state index in [1.54, 1.807) is 6.07 Å². The van der Waals surface area contributed by atoms with Gasteiger partial charge in [0.25, 0.3) is 11.6 Å². The van der Waals surface area contributed by atoms with E-state index in [0.29, 0.717) is 25.3 Å². The predicted octanol–water partition coefficient (Wildman–Crippen LogP) is 0.861. The monoisotopic (exact) mass is 280 g/mol. The van der Waals surface area contributed by atoms with E-state index >= 15 is 0 Å². The van der Waals surface area contributed by atoms with E-state index in [1.807, 2.05) is 0 Å².